The van der Waals surface area contributed by atoms with Crippen LogP contribution in [0.2, 0.25) is 0 Å². The van der Waals surface area contributed by atoms with Gasteiger partial charge in [-0.1, -0.05) is 15.9 Å². The Hall–Kier alpha value is -2.18. The molecule has 1 amide bonds. The van der Waals surface area contributed by atoms with E-state index in [-0.39, 0.29) is 5.91 Å². The molecule has 0 unspecified atom stereocenters. The summed E-state index contributed by atoms with van der Waals surface area (Å²) >= 11 is 4.90. The highest BCUT2D eigenvalue weighted by Gasteiger charge is 2.06. The molecule has 1 heterocycles. The summed E-state index contributed by atoms with van der Waals surface area (Å²) in [4.78, 5) is 16.3. The van der Waals surface area contributed by atoms with Gasteiger partial charge in [0.25, 0.3) is 5.91 Å². The Morgan fingerprint density at radius 3 is 2.52 bits per heavy atom. The van der Waals surface area contributed by atoms with Crippen molar-refractivity contribution in [1.29, 1.82) is 0 Å². The van der Waals surface area contributed by atoms with Crippen molar-refractivity contribution in [3.05, 3.63) is 75.2 Å². The van der Waals surface area contributed by atoms with Crippen LogP contribution in [-0.4, -0.2) is 10.9 Å². The molecule has 0 spiro atoms. The molecular weight excluding hydrogens is 376 g/mol. The number of anilines is 1. The number of carbonyl (C=O) groups excluding carboxylic acids is 1. The minimum atomic E-state index is -0.154. The van der Waals surface area contributed by atoms with E-state index in [1.165, 1.54) is 11.3 Å². The van der Waals surface area contributed by atoms with Gasteiger partial charge in [0.2, 0.25) is 0 Å². The average molecular weight is 389 g/mol. The molecule has 23 heavy (non-hydrogen) atoms. The predicted molar refractivity (Wildman–Crippen MR) is 95.0 cm³/mol. The molecule has 0 aliphatic carbocycles. The molecule has 0 saturated carbocycles. The maximum absolute atomic E-state index is 12.2. The Kier molecular flexibility index (Phi) is 5.05. The van der Waals surface area contributed by atoms with Crippen LogP contribution in [0, 0.1) is 0 Å². The molecule has 1 aromatic heterocycles. The number of hydrogen-bond donors (Lipinski definition) is 1. The molecule has 4 nitrogen and oxygen atoms in total. The molecule has 0 bridgehead atoms. The first-order valence-corrected chi connectivity index (χ1v) is 8.61. The standard InChI is InChI=1S/C17H13BrN2O2S/c18-13-3-5-14(6-4-13)20-17(21)12-1-7-16(8-2-12)22-9-15-10-23-11-19-15/h1-8,10-11H,9H2,(H,20,21). The minimum absolute atomic E-state index is 0.154. The number of thiazole rings is 1. The van der Waals surface area contributed by atoms with Crippen LogP contribution in [0.25, 0.3) is 0 Å². The second-order valence-corrected chi connectivity index (χ2v) is 6.39. The molecule has 1 N–H and O–H groups in total. The van der Waals surface area contributed by atoms with Crippen LogP contribution in [0.3, 0.4) is 0 Å². The van der Waals surface area contributed by atoms with E-state index >= 15 is 0 Å². The Morgan fingerprint density at radius 2 is 1.87 bits per heavy atom. The van der Waals surface area contributed by atoms with Crippen molar-refractivity contribution in [3.8, 4) is 5.75 Å². The van der Waals surface area contributed by atoms with E-state index < -0.39 is 0 Å². The number of amides is 1. The van der Waals surface area contributed by atoms with Crippen molar-refractivity contribution in [2.75, 3.05) is 5.32 Å². The molecule has 0 saturated heterocycles. The van der Waals surface area contributed by atoms with Crippen LogP contribution in [0.5, 0.6) is 5.75 Å². The first-order valence-electron chi connectivity index (χ1n) is 6.87. The molecule has 2 aromatic carbocycles. The summed E-state index contributed by atoms with van der Waals surface area (Å²) in [6.07, 6.45) is 0. The Bertz CT molecular complexity index is 771. The highest BCUT2D eigenvalue weighted by Crippen LogP contribution is 2.17. The first kappa shape index (κ1) is 15.7. The monoisotopic (exact) mass is 388 g/mol. The van der Waals surface area contributed by atoms with Gasteiger partial charge in [-0.3, -0.25) is 4.79 Å². The maximum atomic E-state index is 12.2. The third-order valence-electron chi connectivity index (χ3n) is 3.09. The van der Waals surface area contributed by atoms with Crippen LogP contribution in [-0.2, 0) is 6.61 Å². The highest BCUT2D eigenvalue weighted by molar-refractivity contribution is 9.10. The lowest BCUT2D eigenvalue weighted by atomic mass is 10.2. The Balaban J connectivity index is 1.59. The lowest BCUT2D eigenvalue weighted by Crippen LogP contribution is -2.11. The van der Waals surface area contributed by atoms with Crippen LogP contribution >= 0.6 is 27.3 Å². The second kappa shape index (κ2) is 7.39. The molecule has 0 aliphatic rings. The van der Waals surface area contributed by atoms with Gasteiger partial charge in [0.1, 0.15) is 12.4 Å². The molecule has 0 fully saturated rings. The van der Waals surface area contributed by atoms with Gasteiger partial charge in [-0.2, -0.15) is 0 Å². The van der Waals surface area contributed by atoms with Crippen molar-refractivity contribution in [1.82, 2.24) is 4.98 Å². The van der Waals surface area contributed by atoms with E-state index in [1.807, 2.05) is 29.6 Å². The van der Waals surface area contributed by atoms with Crippen LogP contribution in [0.1, 0.15) is 16.1 Å². The van der Waals surface area contributed by atoms with Gasteiger partial charge in [-0.25, -0.2) is 4.98 Å². The first-order chi connectivity index (χ1) is 11.2. The van der Waals surface area contributed by atoms with Gasteiger partial charge in [0.05, 0.1) is 11.2 Å². The third kappa shape index (κ3) is 4.40. The van der Waals surface area contributed by atoms with E-state index in [0.29, 0.717) is 17.9 Å². The largest absolute Gasteiger partial charge is 0.487 e. The second-order valence-electron chi connectivity index (χ2n) is 4.75. The Morgan fingerprint density at radius 1 is 1.13 bits per heavy atom. The zero-order valence-electron chi connectivity index (χ0n) is 12.0. The molecule has 0 radical (unpaired) electrons. The number of nitrogens with zero attached hydrogens (tertiary/aromatic N) is 1. The summed E-state index contributed by atoms with van der Waals surface area (Å²) in [5, 5.41) is 4.79. The molecule has 0 atom stereocenters. The molecule has 3 rings (SSSR count). The minimum Gasteiger partial charge on any atom is -0.487 e. The zero-order chi connectivity index (χ0) is 16.1. The van der Waals surface area contributed by atoms with Gasteiger partial charge in [-0.15, -0.1) is 11.3 Å². The summed E-state index contributed by atoms with van der Waals surface area (Å²) in [5.74, 6) is 0.552. The maximum Gasteiger partial charge on any atom is 0.255 e. The molecule has 0 aliphatic heterocycles. The van der Waals surface area contributed by atoms with E-state index in [0.717, 1.165) is 15.9 Å². The SMILES string of the molecule is O=C(Nc1ccc(Br)cc1)c1ccc(OCc2cscn2)cc1. The fourth-order valence-corrected chi connectivity index (χ4v) is 2.71. The normalized spacial score (nSPS) is 10.3. The molecular formula is C17H13BrN2O2S. The van der Waals surface area contributed by atoms with E-state index in [4.69, 9.17) is 4.74 Å². The number of benzene rings is 2. The molecule has 6 heteroatoms. The van der Waals surface area contributed by atoms with Gasteiger partial charge in [0.15, 0.2) is 0 Å². The summed E-state index contributed by atoms with van der Waals surface area (Å²) in [7, 11) is 0. The Labute approximate surface area is 146 Å². The topological polar surface area (TPSA) is 51.2 Å². The number of carbonyl (C=O) groups is 1. The van der Waals surface area contributed by atoms with Crippen molar-refractivity contribution < 1.29 is 9.53 Å². The number of ether oxygens (including phenoxy) is 1. The molecule has 116 valence electrons. The number of rotatable bonds is 5. The van der Waals surface area contributed by atoms with Gasteiger partial charge < -0.3 is 10.1 Å². The van der Waals surface area contributed by atoms with Crippen LogP contribution in [0.4, 0.5) is 5.69 Å². The lowest BCUT2D eigenvalue weighted by Gasteiger charge is -2.07. The number of nitrogens with one attached hydrogen (secondary N) is 1. The number of aromatic nitrogens is 1. The number of halogens is 1. The summed E-state index contributed by atoms with van der Waals surface area (Å²) in [5.41, 5.74) is 4.00. The van der Waals surface area contributed by atoms with Crippen molar-refractivity contribution in [3.63, 3.8) is 0 Å². The quantitative estimate of drug-likeness (QED) is 0.686. The summed E-state index contributed by atoms with van der Waals surface area (Å²) < 4.78 is 6.59. The molecule has 3 aromatic rings. The fraction of sp³-hybridized carbons (Fsp3) is 0.0588. The summed E-state index contributed by atoms with van der Waals surface area (Å²) in [6, 6.07) is 14.5. The van der Waals surface area contributed by atoms with Crippen molar-refractivity contribution in [2.24, 2.45) is 0 Å². The summed E-state index contributed by atoms with van der Waals surface area (Å²) in [6.45, 7) is 0.425. The van der Waals surface area contributed by atoms with Gasteiger partial charge >= 0.3 is 0 Å². The van der Waals surface area contributed by atoms with Crippen molar-refractivity contribution in [2.45, 2.75) is 6.61 Å². The van der Waals surface area contributed by atoms with E-state index in [1.54, 1.807) is 29.8 Å². The lowest BCUT2D eigenvalue weighted by molar-refractivity contribution is 0.102. The highest BCUT2D eigenvalue weighted by atomic mass is 79.9. The van der Waals surface area contributed by atoms with Crippen LogP contribution < -0.4 is 10.1 Å². The van der Waals surface area contributed by atoms with Crippen LogP contribution in [0.15, 0.2) is 63.9 Å². The van der Waals surface area contributed by atoms with Crippen molar-refractivity contribution >= 4 is 38.9 Å². The smallest absolute Gasteiger partial charge is 0.255 e. The third-order valence-corrected chi connectivity index (χ3v) is 4.25. The van der Waals surface area contributed by atoms with E-state index in [9.17, 15) is 4.79 Å². The van der Waals surface area contributed by atoms with Gasteiger partial charge in [0, 0.05) is 21.1 Å². The fourth-order valence-electron chi connectivity index (χ4n) is 1.91. The zero-order valence-corrected chi connectivity index (χ0v) is 14.4. The predicted octanol–water partition coefficient (Wildman–Crippen LogP) is 4.74. The average Bonchev–Trinajstić information content (AvgIpc) is 3.09. The van der Waals surface area contributed by atoms with E-state index in [2.05, 4.69) is 26.2 Å². The number of hydrogen-bond acceptors (Lipinski definition) is 4. The van der Waals surface area contributed by atoms with Gasteiger partial charge in [-0.05, 0) is 48.5 Å².